The van der Waals surface area contributed by atoms with E-state index in [-0.39, 0.29) is 11.9 Å². The number of carbonyl (C=O) groups excluding carboxylic acids is 1. The van der Waals surface area contributed by atoms with Gasteiger partial charge in [0, 0.05) is 25.3 Å². The highest BCUT2D eigenvalue weighted by Gasteiger charge is 2.24. The Balaban J connectivity index is 2.01. The number of hydrogen-bond donors (Lipinski definition) is 0. The lowest BCUT2D eigenvalue weighted by Crippen LogP contribution is -2.37. The van der Waals surface area contributed by atoms with Gasteiger partial charge >= 0.3 is 0 Å². The van der Waals surface area contributed by atoms with E-state index < -0.39 is 0 Å². The Bertz CT molecular complexity index is 923. The van der Waals surface area contributed by atoms with Crippen molar-refractivity contribution in [3.8, 4) is 0 Å². The number of halogens is 1. The molecule has 0 unspecified atom stereocenters. The van der Waals surface area contributed by atoms with E-state index in [1.54, 1.807) is 15.6 Å². The monoisotopic (exact) mass is 405 g/mol. The zero-order chi connectivity index (χ0) is 19.7. The minimum absolute atomic E-state index is 0.149. The molecule has 144 valence electrons. The summed E-state index contributed by atoms with van der Waals surface area (Å²) >= 11 is 7.80. The predicted molar refractivity (Wildman–Crippen MR) is 112 cm³/mol. The summed E-state index contributed by atoms with van der Waals surface area (Å²) in [4.78, 5) is 21.7. The molecular weight excluding hydrogens is 382 g/mol. The number of anilines is 1. The standard InChI is InChI=1S/C19H24ClN5OS/c1-12(2)25-9-8-15(22-25)18(26)24(11-10-23(4)5)19-21-16-13(3)6-7-14(20)17(16)27-19/h6-9,12H,10-11H2,1-5H3. The van der Waals surface area contributed by atoms with Gasteiger partial charge in [0.05, 0.1) is 15.2 Å². The molecule has 1 aromatic carbocycles. The number of thiazole rings is 1. The van der Waals surface area contributed by atoms with E-state index in [0.717, 1.165) is 22.3 Å². The molecule has 2 aromatic heterocycles. The molecule has 3 aromatic rings. The zero-order valence-corrected chi connectivity index (χ0v) is 17.8. The van der Waals surface area contributed by atoms with Crippen molar-refractivity contribution in [2.45, 2.75) is 26.8 Å². The van der Waals surface area contributed by atoms with Gasteiger partial charge in [0.25, 0.3) is 5.91 Å². The Morgan fingerprint density at radius 3 is 2.59 bits per heavy atom. The lowest BCUT2D eigenvalue weighted by Gasteiger charge is -2.21. The highest BCUT2D eigenvalue weighted by atomic mass is 35.5. The van der Waals surface area contributed by atoms with Gasteiger partial charge in [-0.3, -0.25) is 14.4 Å². The summed E-state index contributed by atoms with van der Waals surface area (Å²) < 4.78 is 2.69. The minimum atomic E-state index is -0.149. The average Bonchev–Trinajstić information content (AvgIpc) is 3.26. The molecule has 0 aliphatic rings. The molecule has 2 heterocycles. The second-order valence-corrected chi connectivity index (χ2v) is 8.46. The number of hydrogen-bond acceptors (Lipinski definition) is 5. The van der Waals surface area contributed by atoms with Crippen LogP contribution in [0.3, 0.4) is 0 Å². The van der Waals surface area contributed by atoms with Crippen molar-refractivity contribution in [1.82, 2.24) is 19.7 Å². The van der Waals surface area contributed by atoms with Crippen LogP contribution in [0.2, 0.25) is 5.02 Å². The summed E-state index contributed by atoms with van der Waals surface area (Å²) in [6, 6.07) is 5.78. The quantitative estimate of drug-likeness (QED) is 0.615. The Labute approximate surface area is 168 Å². The second kappa shape index (κ2) is 7.96. The first-order chi connectivity index (χ1) is 12.8. The lowest BCUT2D eigenvalue weighted by atomic mass is 10.2. The largest absolute Gasteiger partial charge is 0.308 e. The second-order valence-electron chi connectivity index (χ2n) is 7.07. The fourth-order valence-electron chi connectivity index (χ4n) is 2.67. The number of nitrogens with zero attached hydrogens (tertiary/aromatic N) is 5. The Hall–Kier alpha value is -1.96. The topological polar surface area (TPSA) is 54.3 Å². The summed E-state index contributed by atoms with van der Waals surface area (Å²) in [5.74, 6) is -0.149. The van der Waals surface area contributed by atoms with E-state index >= 15 is 0 Å². The molecular formula is C19H24ClN5OS. The van der Waals surface area contributed by atoms with Crippen LogP contribution in [-0.4, -0.2) is 52.8 Å². The summed E-state index contributed by atoms with van der Waals surface area (Å²) in [5.41, 5.74) is 2.31. The maximum atomic E-state index is 13.2. The molecule has 0 spiro atoms. The zero-order valence-electron chi connectivity index (χ0n) is 16.2. The smallest absolute Gasteiger partial charge is 0.280 e. The number of benzene rings is 1. The molecule has 1 amide bonds. The number of amides is 1. The maximum absolute atomic E-state index is 13.2. The summed E-state index contributed by atoms with van der Waals surface area (Å²) in [6.07, 6.45) is 1.83. The molecule has 0 saturated heterocycles. The van der Waals surface area contributed by atoms with Crippen LogP contribution in [0.4, 0.5) is 5.13 Å². The van der Waals surface area contributed by atoms with Gasteiger partial charge in [-0.15, -0.1) is 0 Å². The van der Waals surface area contributed by atoms with Crippen LogP contribution in [0.25, 0.3) is 10.2 Å². The van der Waals surface area contributed by atoms with Crippen molar-refractivity contribution >= 4 is 44.2 Å². The van der Waals surface area contributed by atoms with Gasteiger partial charge in [-0.25, -0.2) is 4.98 Å². The van der Waals surface area contributed by atoms with Crippen LogP contribution in [0.1, 0.15) is 35.9 Å². The molecule has 0 fully saturated rings. The average molecular weight is 406 g/mol. The first-order valence-electron chi connectivity index (χ1n) is 8.85. The van der Waals surface area contributed by atoms with Crippen molar-refractivity contribution in [1.29, 1.82) is 0 Å². The molecule has 27 heavy (non-hydrogen) atoms. The number of likely N-dealkylation sites (N-methyl/N-ethyl adjacent to an activating group) is 1. The fraction of sp³-hybridized carbons (Fsp3) is 0.421. The number of fused-ring (bicyclic) bond motifs is 1. The number of carbonyl (C=O) groups is 1. The number of aryl methyl sites for hydroxylation is 1. The van der Waals surface area contributed by atoms with E-state index in [1.807, 2.05) is 58.1 Å². The molecule has 0 atom stereocenters. The molecule has 0 saturated carbocycles. The van der Waals surface area contributed by atoms with Crippen LogP contribution in [-0.2, 0) is 0 Å². The third-order valence-corrected chi connectivity index (χ3v) is 5.83. The number of rotatable bonds is 6. The Kier molecular flexibility index (Phi) is 5.83. The molecule has 3 rings (SSSR count). The summed E-state index contributed by atoms with van der Waals surface area (Å²) in [7, 11) is 3.96. The van der Waals surface area contributed by atoms with Crippen molar-refractivity contribution in [3.63, 3.8) is 0 Å². The van der Waals surface area contributed by atoms with E-state index in [4.69, 9.17) is 16.6 Å². The van der Waals surface area contributed by atoms with Gasteiger partial charge in [-0.1, -0.05) is 29.0 Å². The van der Waals surface area contributed by atoms with Crippen molar-refractivity contribution in [3.05, 3.63) is 40.7 Å². The van der Waals surface area contributed by atoms with Crippen molar-refractivity contribution < 1.29 is 4.79 Å². The SMILES string of the molecule is Cc1ccc(Cl)c2sc(N(CCN(C)C)C(=O)c3ccn(C(C)C)n3)nc12. The van der Waals surface area contributed by atoms with Crippen molar-refractivity contribution in [2.24, 2.45) is 0 Å². The van der Waals surface area contributed by atoms with Gasteiger partial charge in [-0.2, -0.15) is 5.10 Å². The number of aromatic nitrogens is 3. The van der Waals surface area contributed by atoms with Crippen LogP contribution >= 0.6 is 22.9 Å². The van der Waals surface area contributed by atoms with Gasteiger partial charge in [0.2, 0.25) is 0 Å². The van der Waals surface area contributed by atoms with E-state index in [9.17, 15) is 4.79 Å². The van der Waals surface area contributed by atoms with Gasteiger partial charge in [-0.05, 0) is 52.6 Å². The summed E-state index contributed by atoms with van der Waals surface area (Å²) in [5, 5.41) is 5.74. The van der Waals surface area contributed by atoms with Gasteiger partial charge in [0.15, 0.2) is 10.8 Å². The third kappa shape index (κ3) is 4.15. The predicted octanol–water partition coefficient (Wildman–Crippen LogP) is 4.24. The molecule has 0 bridgehead atoms. The Morgan fingerprint density at radius 1 is 1.26 bits per heavy atom. The van der Waals surface area contributed by atoms with Crippen molar-refractivity contribution in [2.75, 3.05) is 32.1 Å². The normalized spacial score (nSPS) is 11.7. The third-order valence-electron chi connectivity index (χ3n) is 4.29. The fourth-order valence-corrected chi connectivity index (χ4v) is 4.01. The van der Waals surface area contributed by atoms with Crippen LogP contribution in [0.5, 0.6) is 0 Å². The molecule has 0 N–H and O–H groups in total. The van der Waals surface area contributed by atoms with Crippen LogP contribution in [0, 0.1) is 6.92 Å². The molecule has 0 radical (unpaired) electrons. The van der Waals surface area contributed by atoms with Gasteiger partial charge < -0.3 is 4.90 Å². The van der Waals surface area contributed by atoms with E-state index in [2.05, 4.69) is 5.10 Å². The maximum Gasteiger partial charge on any atom is 0.280 e. The highest BCUT2D eigenvalue weighted by molar-refractivity contribution is 7.23. The molecule has 8 heteroatoms. The first kappa shape index (κ1) is 19.8. The molecule has 0 aliphatic heterocycles. The highest BCUT2D eigenvalue weighted by Crippen LogP contribution is 2.36. The lowest BCUT2D eigenvalue weighted by molar-refractivity contribution is 0.0979. The molecule has 0 aliphatic carbocycles. The Morgan fingerprint density at radius 2 is 2.00 bits per heavy atom. The van der Waals surface area contributed by atoms with Gasteiger partial charge in [0.1, 0.15) is 0 Å². The minimum Gasteiger partial charge on any atom is -0.308 e. The van der Waals surface area contributed by atoms with Crippen LogP contribution < -0.4 is 4.90 Å². The van der Waals surface area contributed by atoms with E-state index in [1.165, 1.54) is 11.3 Å². The van der Waals surface area contributed by atoms with E-state index in [0.29, 0.717) is 22.4 Å². The molecule has 6 nitrogen and oxygen atoms in total. The first-order valence-corrected chi connectivity index (χ1v) is 10.0. The van der Waals surface area contributed by atoms with Crippen LogP contribution in [0.15, 0.2) is 24.4 Å². The summed E-state index contributed by atoms with van der Waals surface area (Å²) in [6.45, 7) is 7.31.